The number of halogens is 4. The molecular weight excluding hydrogens is 338 g/mol. The van der Waals surface area contributed by atoms with E-state index in [0.717, 1.165) is 0 Å². The third-order valence-corrected chi connectivity index (χ3v) is 4.93. The Bertz CT molecular complexity index is 406. The zero-order chi connectivity index (χ0) is 13.8. The van der Waals surface area contributed by atoms with E-state index in [9.17, 15) is 4.79 Å². The van der Waals surface area contributed by atoms with Crippen molar-refractivity contribution in [3.63, 3.8) is 0 Å². The highest BCUT2D eigenvalue weighted by atomic mass is 35.5. The average Bonchev–Trinajstić information content (AvgIpc) is 2.37. The van der Waals surface area contributed by atoms with Crippen molar-refractivity contribution in [1.82, 2.24) is 8.92 Å². The van der Waals surface area contributed by atoms with Gasteiger partial charge in [0.25, 0.3) is 0 Å². The van der Waals surface area contributed by atoms with Gasteiger partial charge in [-0.1, -0.05) is 17.7 Å². The van der Waals surface area contributed by atoms with E-state index in [1.807, 2.05) is 6.26 Å². The fourth-order valence-electron chi connectivity index (χ4n) is 1.26. The zero-order valence-electron chi connectivity index (χ0n) is 9.32. The Kier molecular flexibility index (Phi) is 6.51. The van der Waals surface area contributed by atoms with E-state index in [4.69, 9.17) is 46.8 Å². The van der Waals surface area contributed by atoms with Crippen LogP contribution in [0.1, 0.15) is 10.5 Å². The highest BCUT2D eigenvalue weighted by Gasteiger charge is 2.49. The molecule has 0 aliphatic rings. The summed E-state index contributed by atoms with van der Waals surface area (Å²) in [5.74, 6) is -0.122. The maximum Gasteiger partial charge on any atom is 0.220 e. The van der Waals surface area contributed by atoms with Crippen LogP contribution in [0.15, 0.2) is 24.4 Å². The second-order valence-corrected chi connectivity index (χ2v) is 6.24. The van der Waals surface area contributed by atoms with Gasteiger partial charge < -0.3 is 0 Å². The van der Waals surface area contributed by atoms with Gasteiger partial charge in [-0.3, -0.25) is 9.78 Å². The molecule has 0 bridgehead atoms. The molecule has 100 valence electrons. The summed E-state index contributed by atoms with van der Waals surface area (Å²) < 4.78 is 0.583. The number of rotatable bonds is 6. The number of Topliss-reactive ketones (excluding diaryl/α,β-unsaturated/α-hetero) is 1. The Morgan fingerprint density at radius 1 is 1.56 bits per heavy atom. The highest BCUT2D eigenvalue weighted by Crippen LogP contribution is 2.36. The number of thioether (sulfide) groups is 1. The Balaban J connectivity index is 3.09. The van der Waals surface area contributed by atoms with Crippen LogP contribution < -0.4 is 0 Å². The van der Waals surface area contributed by atoms with Crippen molar-refractivity contribution in [2.45, 2.75) is 10.4 Å². The van der Waals surface area contributed by atoms with Gasteiger partial charge in [0.05, 0.1) is 5.38 Å². The van der Waals surface area contributed by atoms with Crippen molar-refractivity contribution >= 4 is 64.3 Å². The molecule has 0 radical (unpaired) electrons. The van der Waals surface area contributed by atoms with Crippen molar-refractivity contribution in [1.29, 1.82) is 0 Å². The predicted molar refractivity (Wildman–Crippen MR) is 78.7 cm³/mol. The van der Waals surface area contributed by atoms with Crippen molar-refractivity contribution in [3.8, 4) is 0 Å². The molecule has 1 rings (SSSR count). The lowest BCUT2D eigenvalue weighted by atomic mass is 10.1. The standard InChI is InChI=1S/C10H10Cl4N2OS/c1-18-6-8(11)10(12,16(13)14)9(17)7-4-2-3-5-15-7/h2-5,8H,6H2,1H3. The molecular formula is C10H10Cl4N2OS. The highest BCUT2D eigenvalue weighted by molar-refractivity contribution is 7.98. The van der Waals surface area contributed by atoms with Gasteiger partial charge in [0.15, 0.2) is 0 Å². The molecule has 8 heteroatoms. The number of nitrogens with zero attached hydrogens (tertiary/aromatic N) is 2. The first kappa shape index (κ1) is 16.3. The van der Waals surface area contributed by atoms with E-state index in [-0.39, 0.29) is 5.69 Å². The fourth-order valence-corrected chi connectivity index (χ4v) is 3.12. The summed E-state index contributed by atoms with van der Waals surface area (Å²) in [6.45, 7) is 0. The van der Waals surface area contributed by atoms with Crippen molar-refractivity contribution in [2.75, 3.05) is 12.0 Å². The third kappa shape index (κ3) is 3.44. The second-order valence-electron chi connectivity index (χ2n) is 3.37. The first-order valence-corrected chi connectivity index (χ1v) is 7.72. The quantitative estimate of drug-likeness (QED) is 0.339. The minimum absolute atomic E-state index is 0.158. The summed E-state index contributed by atoms with van der Waals surface area (Å²) in [4.78, 5) is 14.5. The molecule has 0 fully saturated rings. The predicted octanol–water partition coefficient (Wildman–Crippen LogP) is 3.78. The molecule has 3 nitrogen and oxygen atoms in total. The summed E-state index contributed by atoms with van der Waals surface area (Å²) >= 11 is 25.1. The van der Waals surface area contributed by atoms with E-state index in [1.165, 1.54) is 24.0 Å². The summed E-state index contributed by atoms with van der Waals surface area (Å²) in [6, 6.07) is 4.88. The van der Waals surface area contributed by atoms with E-state index >= 15 is 0 Å². The van der Waals surface area contributed by atoms with E-state index in [2.05, 4.69) is 4.98 Å². The minimum atomic E-state index is -1.75. The van der Waals surface area contributed by atoms with Crippen LogP contribution in [0.2, 0.25) is 0 Å². The lowest BCUT2D eigenvalue weighted by Gasteiger charge is -2.31. The van der Waals surface area contributed by atoms with Gasteiger partial charge in [0, 0.05) is 11.9 Å². The number of carbonyl (C=O) groups excluding carboxylic acids is 1. The first-order chi connectivity index (χ1) is 8.44. The van der Waals surface area contributed by atoms with Crippen LogP contribution in [0.3, 0.4) is 0 Å². The van der Waals surface area contributed by atoms with Crippen molar-refractivity contribution < 1.29 is 4.79 Å². The van der Waals surface area contributed by atoms with Gasteiger partial charge in [-0.25, -0.2) is 0 Å². The number of hydrogen-bond acceptors (Lipinski definition) is 4. The number of hydrogen-bond donors (Lipinski definition) is 0. The lowest BCUT2D eigenvalue weighted by Crippen LogP contribution is -2.50. The van der Waals surface area contributed by atoms with Crippen LogP contribution >= 0.6 is 58.5 Å². The number of alkyl halides is 2. The Hall–Kier alpha value is 0.290. The molecule has 1 aromatic rings. The van der Waals surface area contributed by atoms with Crippen LogP contribution in [0.5, 0.6) is 0 Å². The van der Waals surface area contributed by atoms with Gasteiger partial charge >= 0.3 is 0 Å². The molecule has 2 unspecified atom stereocenters. The van der Waals surface area contributed by atoms with E-state index in [1.54, 1.807) is 12.1 Å². The smallest absolute Gasteiger partial charge is 0.220 e. The molecule has 0 spiro atoms. The van der Waals surface area contributed by atoms with Gasteiger partial charge in [-0.15, -0.1) is 15.5 Å². The molecule has 1 heterocycles. The topological polar surface area (TPSA) is 33.2 Å². The summed E-state index contributed by atoms with van der Waals surface area (Å²) in [5.41, 5.74) is 0.158. The maximum absolute atomic E-state index is 12.3. The van der Waals surface area contributed by atoms with Gasteiger partial charge in [-0.05, 0) is 41.9 Å². The van der Waals surface area contributed by atoms with Gasteiger partial charge in [0.1, 0.15) is 5.69 Å². The largest absolute Gasteiger partial charge is 0.289 e. The molecule has 0 aromatic carbocycles. The van der Waals surface area contributed by atoms with Gasteiger partial charge in [0.2, 0.25) is 10.8 Å². The molecule has 0 saturated heterocycles. The monoisotopic (exact) mass is 346 g/mol. The molecule has 1 aromatic heterocycles. The molecule has 0 aliphatic heterocycles. The summed E-state index contributed by atoms with van der Waals surface area (Å²) in [6.07, 6.45) is 3.32. The van der Waals surface area contributed by atoms with Crippen molar-refractivity contribution in [2.24, 2.45) is 0 Å². The third-order valence-electron chi connectivity index (χ3n) is 2.19. The molecule has 0 amide bonds. The van der Waals surface area contributed by atoms with Crippen LogP contribution in [-0.4, -0.2) is 37.1 Å². The maximum atomic E-state index is 12.3. The fraction of sp³-hybridized carbons (Fsp3) is 0.400. The lowest BCUT2D eigenvalue weighted by molar-refractivity contribution is 0.0894. The normalized spacial score (nSPS) is 16.3. The Morgan fingerprint density at radius 2 is 2.22 bits per heavy atom. The van der Waals surface area contributed by atoms with E-state index < -0.39 is 16.2 Å². The van der Waals surface area contributed by atoms with Crippen LogP contribution in [-0.2, 0) is 0 Å². The van der Waals surface area contributed by atoms with Crippen LogP contribution in [0.25, 0.3) is 0 Å². The van der Waals surface area contributed by atoms with E-state index in [0.29, 0.717) is 9.69 Å². The Labute approximate surface area is 130 Å². The first-order valence-electron chi connectivity index (χ1n) is 4.84. The molecule has 0 aliphatic carbocycles. The molecule has 2 atom stereocenters. The molecule has 18 heavy (non-hydrogen) atoms. The zero-order valence-corrected chi connectivity index (χ0v) is 13.2. The summed E-state index contributed by atoms with van der Waals surface area (Å²) in [5, 5.41) is -0.765. The van der Waals surface area contributed by atoms with Gasteiger partial charge in [-0.2, -0.15) is 11.8 Å². The van der Waals surface area contributed by atoms with Crippen LogP contribution in [0, 0.1) is 0 Å². The summed E-state index contributed by atoms with van der Waals surface area (Å²) in [7, 11) is 0. The number of ketones is 1. The Morgan fingerprint density at radius 3 is 2.67 bits per heavy atom. The number of carbonyl (C=O) groups is 1. The number of aromatic nitrogens is 1. The molecule has 0 saturated carbocycles. The van der Waals surface area contributed by atoms with Crippen molar-refractivity contribution in [3.05, 3.63) is 30.1 Å². The SMILES string of the molecule is CSCC(Cl)C(Cl)(C(=O)c1ccccn1)N(Cl)Cl. The molecule has 0 N–H and O–H groups in total. The van der Waals surface area contributed by atoms with Crippen LogP contribution in [0.4, 0.5) is 0 Å². The number of pyridine rings is 1. The minimum Gasteiger partial charge on any atom is -0.289 e. The second kappa shape index (κ2) is 7.17. The average molecular weight is 348 g/mol.